The lowest BCUT2D eigenvalue weighted by Gasteiger charge is -2.10. The van der Waals surface area contributed by atoms with Crippen molar-refractivity contribution in [3.63, 3.8) is 0 Å². The van der Waals surface area contributed by atoms with Crippen molar-refractivity contribution in [1.82, 2.24) is 4.57 Å². The molecular formula is C16H15BrN2. The molecule has 3 heteroatoms. The Morgan fingerprint density at radius 3 is 2.84 bits per heavy atom. The molecule has 0 unspecified atom stereocenters. The minimum Gasteiger partial charge on any atom is -0.399 e. The van der Waals surface area contributed by atoms with Crippen molar-refractivity contribution >= 4 is 32.5 Å². The van der Waals surface area contributed by atoms with Crippen LogP contribution >= 0.6 is 15.9 Å². The van der Waals surface area contributed by atoms with E-state index in [0.717, 1.165) is 16.7 Å². The third-order valence-corrected chi connectivity index (χ3v) is 4.05. The van der Waals surface area contributed by atoms with Crippen LogP contribution in [0.25, 0.3) is 10.9 Å². The van der Waals surface area contributed by atoms with Gasteiger partial charge in [-0.3, -0.25) is 0 Å². The standard InChI is InChI=1S/C16H15BrN2/c1-11-13(3-2-4-15(11)18)10-19-8-7-12-9-14(17)5-6-16(12)19/h2-9H,10,18H2,1H3. The lowest BCUT2D eigenvalue weighted by Crippen LogP contribution is -2.02. The lowest BCUT2D eigenvalue weighted by molar-refractivity contribution is 0.831. The van der Waals surface area contributed by atoms with Gasteiger partial charge in [-0.15, -0.1) is 0 Å². The van der Waals surface area contributed by atoms with Crippen LogP contribution in [0.2, 0.25) is 0 Å². The van der Waals surface area contributed by atoms with Gasteiger partial charge in [-0.2, -0.15) is 0 Å². The molecule has 1 aromatic heterocycles. The second kappa shape index (κ2) is 4.74. The Morgan fingerprint density at radius 1 is 1.16 bits per heavy atom. The van der Waals surface area contributed by atoms with E-state index in [2.05, 4.69) is 63.9 Å². The van der Waals surface area contributed by atoms with Crippen molar-refractivity contribution in [2.24, 2.45) is 0 Å². The number of fused-ring (bicyclic) bond motifs is 1. The number of nitrogen functional groups attached to an aromatic ring is 1. The van der Waals surface area contributed by atoms with Gasteiger partial charge in [-0.1, -0.05) is 28.1 Å². The first-order valence-electron chi connectivity index (χ1n) is 6.23. The predicted molar refractivity (Wildman–Crippen MR) is 84.3 cm³/mol. The van der Waals surface area contributed by atoms with Gasteiger partial charge in [0.2, 0.25) is 0 Å². The van der Waals surface area contributed by atoms with Crippen molar-refractivity contribution in [2.75, 3.05) is 5.73 Å². The first-order chi connectivity index (χ1) is 9.15. The van der Waals surface area contributed by atoms with Gasteiger partial charge in [0.1, 0.15) is 0 Å². The van der Waals surface area contributed by atoms with Crippen molar-refractivity contribution in [3.05, 3.63) is 64.3 Å². The zero-order valence-electron chi connectivity index (χ0n) is 10.7. The molecule has 3 aromatic rings. The van der Waals surface area contributed by atoms with Gasteiger partial charge in [0, 0.05) is 33.8 Å². The Bertz CT molecular complexity index is 744. The summed E-state index contributed by atoms with van der Waals surface area (Å²) in [6, 6.07) is 14.6. The number of halogens is 1. The van der Waals surface area contributed by atoms with Crippen molar-refractivity contribution < 1.29 is 0 Å². The molecule has 0 aliphatic carbocycles. The number of aromatic nitrogens is 1. The Hall–Kier alpha value is -1.74. The molecule has 0 radical (unpaired) electrons. The molecule has 0 aliphatic heterocycles. The van der Waals surface area contributed by atoms with Crippen LogP contribution in [0, 0.1) is 6.92 Å². The van der Waals surface area contributed by atoms with Crippen LogP contribution in [-0.4, -0.2) is 4.57 Å². The molecule has 0 fully saturated rings. The van der Waals surface area contributed by atoms with Crippen LogP contribution in [0.4, 0.5) is 5.69 Å². The maximum Gasteiger partial charge on any atom is 0.0484 e. The Balaban J connectivity index is 2.04. The number of hydrogen-bond donors (Lipinski definition) is 1. The van der Waals surface area contributed by atoms with Gasteiger partial charge in [-0.05, 0) is 48.4 Å². The summed E-state index contributed by atoms with van der Waals surface area (Å²) in [6.45, 7) is 2.93. The maximum atomic E-state index is 5.97. The molecule has 0 saturated carbocycles. The molecule has 2 nitrogen and oxygen atoms in total. The van der Waals surface area contributed by atoms with Gasteiger partial charge in [0.05, 0.1) is 0 Å². The fourth-order valence-electron chi connectivity index (χ4n) is 2.37. The summed E-state index contributed by atoms with van der Waals surface area (Å²) in [5.41, 5.74) is 10.5. The molecule has 0 aliphatic rings. The Labute approximate surface area is 121 Å². The molecule has 2 N–H and O–H groups in total. The van der Waals surface area contributed by atoms with Gasteiger partial charge in [-0.25, -0.2) is 0 Å². The highest BCUT2D eigenvalue weighted by Gasteiger charge is 2.05. The summed E-state index contributed by atoms with van der Waals surface area (Å²) in [7, 11) is 0. The topological polar surface area (TPSA) is 30.9 Å². The average Bonchev–Trinajstić information content (AvgIpc) is 2.77. The third kappa shape index (κ3) is 2.26. The fourth-order valence-corrected chi connectivity index (χ4v) is 2.75. The minimum absolute atomic E-state index is 0.849. The number of hydrogen-bond acceptors (Lipinski definition) is 1. The SMILES string of the molecule is Cc1c(N)cccc1Cn1ccc2cc(Br)ccc21. The van der Waals surface area contributed by atoms with Crippen molar-refractivity contribution in [1.29, 1.82) is 0 Å². The fraction of sp³-hybridized carbons (Fsp3) is 0.125. The second-order valence-corrected chi connectivity index (χ2v) is 5.69. The molecule has 3 rings (SSSR count). The summed E-state index contributed by atoms with van der Waals surface area (Å²) < 4.78 is 3.36. The molecular weight excluding hydrogens is 300 g/mol. The van der Waals surface area contributed by atoms with E-state index in [4.69, 9.17) is 5.73 Å². The molecule has 96 valence electrons. The first kappa shape index (κ1) is 12.3. The summed E-state index contributed by atoms with van der Waals surface area (Å²) in [5, 5.41) is 1.25. The van der Waals surface area contributed by atoms with E-state index in [-0.39, 0.29) is 0 Å². The number of rotatable bonds is 2. The van der Waals surface area contributed by atoms with E-state index in [0.29, 0.717) is 0 Å². The lowest BCUT2D eigenvalue weighted by atomic mass is 10.1. The molecule has 0 bridgehead atoms. The molecule has 2 aromatic carbocycles. The summed E-state index contributed by atoms with van der Waals surface area (Å²) >= 11 is 3.50. The highest BCUT2D eigenvalue weighted by molar-refractivity contribution is 9.10. The summed E-state index contributed by atoms with van der Waals surface area (Å²) in [4.78, 5) is 0. The zero-order chi connectivity index (χ0) is 13.4. The number of anilines is 1. The number of nitrogens with two attached hydrogens (primary N) is 1. The number of benzene rings is 2. The summed E-state index contributed by atoms with van der Waals surface area (Å²) in [6.07, 6.45) is 2.12. The van der Waals surface area contributed by atoms with Crippen LogP contribution in [0.3, 0.4) is 0 Å². The monoisotopic (exact) mass is 314 g/mol. The Morgan fingerprint density at radius 2 is 2.00 bits per heavy atom. The predicted octanol–water partition coefficient (Wildman–Crippen LogP) is 4.34. The molecule has 0 amide bonds. The second-order valence-electron chi connectivity index (χ2n) is 4.78. The van der Waals surface area contributed by atoms with E-state index in [1.807, 2.05) is 12.1 Å². The molecule has 0 saturated heterocycles. The quantitative estimate of drug-likeness (QED) is 0.701. The largest absolute Gasteiger partial charge is 0.399 e. The highest BCUT2D eigenvalue weighted by Crippen LogP contribution is 2.23. The number of nitrogens with zero attached hydrogens (tertiary/aromatic N) is 1. The van der Waals surface area contributed by atoms with Gasteiger partial charge >= 0.3 is 0 Å². The van der Waals surface area contributed by atoms with Crippen LogP contribution in [0.5, 0.6) is 0 Å². The van der Waals surface area contributed by atoms with Crippen LogP contribution < -0.4 is 5.73 Å². The maximum absolute atomic E-state index is 5.97. The zero-order valence-corrected chi connectivity index (χ0v) is 12.3. The van der Waals surface area contributed by atoms with Crippen molar-refractivity contribution in [2.45, 2.75) is 13.5 Å². The van der Waals surface area contributed by atoms with E-state index in [1.165, 1.54) is 22.0 Å². The van der Waals surface area contributed by atoms with E-state index < -0.39 is 0 Å². The van der Waals surface area contributed by atoms with Gasteiger partial charge in [0.25, 0.3) is 0 Å². The third-order valence-electron chi connectivity index (χ3n) is 3.56. The average molecular weight is 315 g/mol. The van der Waals surface area contributed by atoms with Gasteiger partial charge in [0.15, 0.2) is 0 Å². The molecule has 1 heterocycles. The van der Waals surface area contributed by atoms with Gasteiger partial charge < -0.3 is 10.3 Å². The molecule has 0 atom stereocenters. The van der Waals surface area contributed by atoms with E-state index >= 15 is 0 Å². The first-order valence-corrected chi connectivity index (χ1v) is 7.03. The summed E-state index contributed by atoms with van der Waals surface area (Å²) in [5.74, 6) is 0. The molecule has 19 heavy (non-hydrogen) atoms. The van der Waals surface area contributed by atoms with Crippen LogP contribution in [0.15, 0.2) is 53.1 Å². The normalized spacial score (nSPS) is 11.1. The highest BCUT2D eigenvalue weighted by atomic mass is 79.9. The van der Waals surface area contributed by atoms with E-state index in [1.54, 1.807) is 0 Å². The smallest absolute Gasteiger partial charge is 0.0484 e. The van der Waals surface area contributed by atoms with Crippen molar-refractivity contribution in [3.8, 4) is 0 Å². The van der Waals surface area contributed by atoms with Crippen LogP contribution in [0.1, 0.15) is 11.1 Å². The van der Waals surface area contributed by atoms with Crippen LogP contribution in [-0.2, 0) is 6.54 Å². The Kier molecular flexibility index (Phi) is 3.07. The molecule has 0 spiro atoms. The van der Waals surface area contributed by atoms with E-state index in [9.17, 15) is 0 Å². The minimum atomic E-state index is 0.849.